The maximum Gasteiger partial charge on any atom is 0.573 e. The van der Waals surface area contributed by atoms with Crippen molar-refractivity contribution in [1.82, 2.24) is 5.32 Å². The molecule has 0 spiro atoms. The number of aromatic hydroxyl groups is 1. The van der Waals surface area contributed by atoms with Crippen LogP contribution in [0, 0.1) is 0 Å². The van der Waals surface area contributed by atoms with Gasteiger partial charge in [0.25, 0.3) is 0 Å². The topological polar surface area (TPSA) is 82.0 Å². The van der Waals surface area contributed by atoms with Gasteiger partial charge < -0.3 is 25.4 Å². The van der Waals surface area contributed by atoms with Crippen molar-refractivity contribution in [3.8, 4) is 11.5 Å². The van der Waals surface area contributed by atoms with Gasteiger partial charge in [-0.05, 0) is 32.1 Å². The van der Waals surface area contributed by atoms with Gasteiger partial charge in [0, 0.05) is 11.6 Å². The van der Waals surface area contributed by atoms with E-state index in [9.17, 15) is 28.5 Å². The van der Waals surface area contributed by atoms with E-state index in [1.807, 2.05) is 0 Å². The number of aliphatic hydroxyl groups is 2. The minimum atomic E-state index is -4.86. The lowest BCUT2D eigenvalue weighted by Crippen LogP contribution is -2.23. The molecule has 1 aromatic carbocycles. The van der Waals surface area contributed by atoms with Crippen LogP contribution in [0.15, 0.2) is 18.2 Å². The van der Waals surface area contributed by atoms with Gasteiger partial charge in [-0.2, -0.15) is 0 Å². The first kappa shape index (κ1) is 16.5. The Hall–Kier alpha value is -1.51. The molecule has 5 nitrogen and oxygen atoms in total. The highest BCUT2D eigenvalue weighted by molar-refractivity contribution is 5.41. The van der Waals surface area contributed by atoms with Crippen LogP contribution >= 0.6 is 0 Å². The van der Waals surface area contributed by atoms with Crippen molar-refractivity contribution >= 4 is 0 Å². The minimum absolute atomic E-state index is 0.0665. The second-order valence-corrected chi connectivity index (χ2v) is 4.17. The average Bonchev–Trinajstić information content (AvgIpc) is 2.33. The molecule has 0 saturated heterocycles. The average molecular weight is 295 g/mol. The SMILES string of the molecule is CNCCC(O)C(O)c1ccc(OC(F)(F)F)cc1O. The van der Waals surface area contributed by atoms with Crippen LogP contribution in [0.3, 0.4) is 0 Å². The highest BCUT2D eigenvalue weighted by Crippen LogP contribution is 2.33. The number of benzene rings is 1. The monoisotopic (exact) mass is 295 g/mol. The van der Waals surface area contributed by atoms with E-state index in [1.54, 1.807) is 7.05 Å². The predicted molar refractivity (Wildman–Crippen MR) is 64.3 cm³/mol. The maximum atomic E-state index is 12.0. The maximum absolute atomic E-state index is 12.0. The van der Waals surface area contributed by atoms with Crippen molar-refractivity contribution in [2.24, 2.45) is 0 Å². The first-order valence-corrected chi connectivity index (χ1v) is 5.84. The fraction of sp³-hybridized carbons (Fsp3) is 0.500. The van der Waals surface area contributed by atoms with Crippen LogP contribution in [0.2, 0.25) is 0 Å². The standard InChI is InChI=1S/C12H16F3NO4/c1-16-5-4-9(17)11(19)8-3-2-7(6-10(8)18)20-12(13,14)15/h2-3,6,9,11,16-19H,4-5H2,1H3. The number of alkyl halides is 3. The number of phenols is 1. The van der Waals surface area contributed by atoms with Gasteiger partial charge in [0.05, 0.1) is 6.10 Å². The van der Waals surface area contributed by atoms with Gasteiger partial charge in [-0.25, -0.2) is 0 Å². The number of aliphatic hydroxyl groups excluding tert-OH is 2. The molecule has 0 aliphatic heterocycles. The van der Waals surface area contributed by atoms with Crippen molar-refractivity contribution < 1.29 is 33.2 Å². The smallest absolute Gasteiger partial charge is 0.507 e. The molecule has 0 aliphatic carbocycles. The molecule has 4 N–H and O–H groups in total. The number of hydrogen-bond acceptors (Lipinski definition) is 5. The van der Waals surface area contributed by atoms with E-state index < -0.39 is 30.1 Å². The third-order valence-corrected chi connectivity index (χ3v) is 2.61. The Balaban J connectivity index is 2.82. The van der Waals surface area contributed by atoms with Gasteiger partial charge in [0.1, 0.15) is 17.6 Å². The molecule has 0 amide bonds. The van der Waals surface area contributed by atoms with E-state index in [4.69, 9.17) is 0 Å². The lowest BCUT2D eigenvalue weighted by molar-refractivity contribution is -0.274. The number of halogens is 3. The molecule has 2 atom stereocenters. The number of hydrogen-bond donors (Lipinski definition) is 4. The lowest BCUT2D eigenvalue weighted by Gasteiger charge is -2.19. The Kier molecular flexibility index (Phi) is 5.61. The molecule has 0 saturated carbocycles. The van der Waals surface area contributed by atoms with Crippen LogP contribution < -0.4 is 10.1 Å². The van der Waals surface area contributed by atoms with Crippen LogP contribution in [-0.4, -0.2) is 41.4 Å². The summed E-state index contributed by atoms with van der Waals surface area (Å²) in [5.41, 5.74) is -0.0665. The Labute approximate surface area is 113 Å². The molecule has 1 aromatic rings. The van der Waals surface area contributed by atoms with Crippen LogP contribution in [-0.2, 0) is 0 Å². The van der Waals surface area contributed by atoms with Crippen LogP contribution in [0.25, 0.3) is 0 Å². The highest BCUT2D eigenvalue weighted by Gasteiger charge is 2.31. The van der Waals surface area contributed by atoms with Crippen molar-refractivity contribution in [3.05, 3.63) is 23.8 Å². The third-order valence-electron chi connectivity index (χ3n) is 2.61. The summed E-state index contributed by atoms with van der Waals surface area (Å²) in [6.45, 7) is 0.439. The van der Waals surface area contributed by atoms with Crippen LogP contribution in [0.4, 0.5) is 13.2 Å². The first-order chi connectivity index (χ1) is 9.24. The molecule has 0 radical (unpaired) electrons. The summed E-state index contributed by atoms with van der Waals surface area (Å²) in [4.78, 5) is 0. The zero-order valence-corrected chi connectivity index (χ0v) is 10.7. The zero-order valence-electron chi connectivity index (χ0n) is 10.7. The molecular weight excluding hydrogens is 279 g/mol. The van der Waals surface area contributed by atoms with E-state index >= 15 is 0 Å². The van der Waals surface area contributed by atoms with Gasteiger partial charge in [-0.1, -0.05) is 0 Å². The summed E-state index contributed by atoms with van der Waals surface area (Å²) in [6, 6.07) is 2.76. The van der Waals surface area contributed by atoms with E-state index in [0.717, 1.165) is 18.2 Å². The Bertz CT molecular complexity index is 439. The van der Waals surface area contributed by atoms with Gasteiger partial charge in [-0.3, -0.25) is 0 Å². The molecule has 2 unspecified atom stereocenters. The third kappa shape index (κ3) is 4.87. The number of rotatable bonds is 6. The normalized spacial score (nSPS) is 14.9. The van der Waals surface area contributed by atoms with Crippen LogP contribution in [0.1, 0.15) is 18.1 Å². The quantitative estimate of drug-likeness (QED) is 0.636. The van der Waals surface area contributed by atoms with Crippen molar-refractivity contribution in [1.29, 1.82) is 0 Å². The second kappa shape index (κ2) is 6.78. The summed E-state index contributed by atoms with van der Waals surface area (Å²) < 4.78 is 39.6. The fourth-order valence-corrected chi connectivity index (χ4v) is 1.63. The highest BCUT2D eigenvalue weighted by atomic mass is 19.4. The Morgan fingerprint density at radius 2 is 1.95 bits per heavy atom. The molecule has 1 rings (SSSR count). The second-order valence-electron chi connectivity index (χ2n) is 4.17. The molecule has 0 bridgehead atoms. The number of ether oxygens (including phenoxy) is 1. The number of phenolic OH excluding ortho intramolecular Hbond substituents is 1. The summed E-state index contributed by atoms with van der Waals surface area (Å²) in [6.07, 6.45) is -7.19. The molecule has 20 heavy (non-hydrogen) atoms. The number of nitrogens with one attached hydrogen (secondary N) is 1. The minimum Gasteiger partial charge on any atom is -0.507 e. The summed E-state index contributed by atoms with van der Waals surface area (Å²) >= 11 is 0. The van der Waals surface area contributed by atoms with E-state index in [1.165, 1.54) is 0 Å². The molecule has 0 aromatic heterocycles. The Morgan fingerprint density at radius 3 is 2.45 bits per heavy atom. The molecule has 8 heteroatoms. The van der Waals surface area contributed by atoms with Crippen molar-refractivity contribution in [2.75, 3.05) is 13.6 Å². The van der Waals surface area contributed by atoms with Crippen molar-refractivity contribution in [2.45, 2.75) is 25.0 Å². The van der Waals surface area contributed by atoms with E-state index in [-0.39, 0.29) is 12.0 Å². The first-order valence-electron chi connectivity index (χ1n) is 5.84. The zero-order chi connectivity index (χ0) is 15.3. The molecule has 0 aliphatic rings. The van der Waals surface area contributed by atoms with Crippen molar-refractivity contribution in [3.63, 3.8) is 0 Å². The van der Waals surface area contributed by atoms with E-state index in [0.29, 0.717) is 6.54 Å². The van der Waals surface area contributed by atoms with Gasteiger partial charge in [0.15, 0.2) is 0 Å². The fourth-order valence-electron chi connectivity index (χ4n) is 1.63. The summed E-state index contributed by atoms with van der Waals surface area (Å²) in [7, 11) is 1.67. The van der Waals surface area contributed by atoms with Gasteiger partial charge in [-0.15, -0.1) is 13.2 Å². The predicted octanol–water partition coefficient (Wildman–Crippen LogP) is 1.29. The largest absolute Gasteiger partial charge is 0.573 e. The summed E-state index contributed by atoms with van der Waals surface area (Å²) in [5, 5.41) is 31.9. The van der Waals surface area contributed by atoms with E-state index in [2.05, 4.69) is 10.1 Å². The van der Waals surface area contributed by atoms with Gasteiger partial charge in [0.2, 0.25) is 0 Å². The Morgan fingerprint density at radius 1 is 1.30 bits per heavy atom. The van der Waals surface area contributed by atoms with Crippen LogP contribution in [0.5, 0.6) is 11.5 Å². The molecule has 0 fully saturated rings. The van der Waals surface area contributed by atoms with Gasteiger partial charge >= 0.3 is 6.36 Å². The molecule has 0 heterocycles. The molecular formula is C12H16F3NO4. The summed E-state index contributed by atoms with van der Waals surface area (Å²) in [5.74, 6) is -1.18. The molecule has 114 valence electrons. The lowest BCUT2D eigenvalue weighted by atomic mass is 10.0.